The summed E-state index contributed by atoms with van der Waals surface area (Å²) >= 11 is 0. The van der Waals surface area contributed by atoms with E-state index < -0.39 is 11.9 Å². The van der Waals surface area contributed by atoms with Crippen molar-refractivity contribution in [2.24, 2.45) is 0 Å². The normalized spacial score (nSPS) is 19.2. The number of dihydropyridines is 1. The molecule has 0 radical (unpaired) electrons. The van der Waals surface area contributed by atoms with Gasteiger partial charge in [-0.3, -0.25) is 4.79 Å². The number of allylic oxidation sites excluding steroid dienone is 3. The summed E-state index contributed by atoms with van der Waals surface area (Å²) in [7, 11) is 6.14. The van der Waals surface area contributed by atoms with Crippen molar-refractivity contribution in [1.82, 2.24) is 5.32 Å². The number of nitrogens with one attached hydrogen (secondary N) is 1. The van der Waals surface area contributed by atoms with Gasteiger partial charge in [0.2, 0.25) is 5.75 Å². The Balaban J connectivity index is 1.85. The minimum absolute atomic E-state index is 0.0175. The van der Waals surface area contributed by atoms with E-state index in [0.29, 0.717) is 52.5 Å². The standard InChI is InChI=1S/C29H33NO7/c1-17-25(29(32)37-12-11-33-2)26(20-15-23(34-3)28(36-5)24(16-20)35-4)27-21(30-17)13-19(14-22(27)31)18-9-7-6-8-10-18/h6-10,15-16,19,26,30H,11-14H2,1-5H3/t19-,26-/m0/s1. The topological polar surface area (TPSA) is 92.3 Å². The molecule has 0 spiro atoms. The molecular formula is C29H33NO7. The summed E-state index contributed by atoms with van der Waals surface area (Å²) in [6.07, 6.45) is 0.992. The molecule has 2 aromatic rings. The summed E-state index contributed by atoms with van der Waals surface area (Å²) in [5, 5.41) is 3.37. The number of Topliss-reactive ketones (excluding diaryl/α,β-unsaturated/α-hetero) is 1. The Labute approximate surface area is 217 Å². The van der Waals surface area contributed by atoms with E-state index in [4.69, 9.17) is 23.7 Å². The highest BCUT2D eigenvalue weighted by Crippen LogP contribution is 2.49. The molecule has 1 N–H and O–H groups in total. The fourth-order valence-corrected chi connectivity index (χ4v) is 5.17. The number of ether oxygens (including phenoxy) is 5. The van der Waals surface area contributed by atoms with Gasteiger partial charge in [0.05, 0.1) is 33.5 Å². The zero-order chi connectivity index (χ0) is 26.5. The molecule has 1 aliphatic heterocycles. The molecule has 37 heavy (non-hydrogen) atoms. The lowest BCUT2D eigenvalue weighted by Crippen LogP contribution is -2.36. The number of benzene rings is 2. The van der Waals surface area contributed by atoms with E-state index in [1.165, 1.54) is 21.3 Å². The van der Waals surface area contributed by atoms with Gasteiger partial charge in [-0.25, -0.2) is 4.79 Å². The van der Waals surface area contributed by atoms with Gasteiger partial charge in [-0.05, 0) is 42.5 Å². The van der Waals surface area contributed by atoms with Gasteiger partial charge < -0.3 is 29.0 Å². The fraction of sp³-hybridized carbons (Fsp3) is 0.379. The molecule has 0 saturated carbocycles. The molecule has 8 nitrogen and oxygen atoms in total. The summed E-state index contributed by atoms with van der Waals surface area (Å²) in [5.41, 5.74) is 4.17. The van der Waals surface area contributed by atoms with E-state index >= 15 is 0 Å². The molecule has 4 rings (SSSR count). The van der Waals surface area contributed by atoms with Gasteiger partial charge in [-0.1, -0.05) is 30.3 Å². The van der Waals surface area contributed by atoms with Crippen LogP contribution in [0.4, 0.5) is 0 Å². The second kappa shape index (κ2) is 11.5. The predicted molar refractivity (Wildman–Crippen MR) is 138 cm³/mol. The first-order valence-corrected chi connectivity index (χ1v) is 12.2. The highest BCUT2D eigenvalue weighted by atomic mass is 16.6. The van der Waals surface area contributed by atoms with Crippen molar-refractivity contribution in [2.45, 2.75) is 31.6 Å². The van der Waals surface area contributed by atoms with E-state index in [1.54, 1.807) is 19.2 Å². The minimum Gasteiger partial charge on any atom is -0.493 e. The van der Waals surface area contributed by atoms with Gasteiger partial charge in [0.25, 0.3) is 0 Å². The average Bonchev–Trinajstić information content (AvgIpc) is 2.91. The van der Waals surface area contributed by atoms with E-state index in [1.807, 2.05) is 37.3 Å². The van der Waals surface area contributed by atoms with Crippen LogP contribution in [0.3, 0.4) is 0 Å². The first kappa shape index (κ1) is 26.3. The van der Waals surface area contributed by atoms with Gasteiger partial charge in [0.15, 0.2) is 17.3 Å². The number of ketones is 1. The Morgan fingerprint density at radius 2 is 1.59 bits per heavy atom. The molecule has 1 aliphatic carbocycles. The first-order valence-electron chi connectivity index (χ1n) is 12.2. The Morgan fingerprint density at radius 3 is 2.19 bits per heavy atom. The molecule has 0 aromatic heterocycles. The molecule has 2 atom stereocenters. The van der Waals surface area contributed by atoms with E-state index in [-0.39, 0.29) is 24.9 Å². The average molecular weight is 508 g/mol. The quantitative estimate of drug-likeness (QED) is 0.398. The van der Waals surface area contributed by atoms with Gasteiger partial charge >= 0.3 is 5.97 Å². The van der Waals surface area contributed by atoms with Crippen molar-refractivity contribution in [3.8, 4) is 17.2 Å². The summed E-state index contributed by atoms with van der Waals surface area (Å²) in [5.74, 6) is 0.162. The van der Waals surface area contributed by atoms with Crippen LogP contribution in [0, 0.1) is 0 Å². The molecule has 2 aliphatic rings. The minimum atomic E-state index is -0.663. The van der Waals surface area contributed by atoms with Gasteiger partial charge in [0, 0.05) is 36.4 Å². The van der Waals surface area contributed by atoms with Crippen molar-refractivity contribution >= 4 is 11.8 Å². The number of rotatable bonds is 9. The van der Waals surface area contributed by atoms with Crippen LogP contribution in [0.15, 0.2) is 65.0 Å². The van der Waals surface area contributed by atoms with Crippen molar-refractivity contribution in [3.63, 3.8) is 0 Å². The summed E-state index contributed by atoms with van der Waals surface area (Å²) in [4.78, 5) is 27.2. The van der Waals surface area contributed by atoms with Crippen LogP contribution in [0.25, 0.3) is 0 Å². The third-order valence-electron chi connectivity index (χ3n) is 6.86. The maximum absolute atomic E-state index is 13.8. The largest absolute Gasteiger partial charge is 0.493 e. The second-order valence-corrected chi connectivity index (χ2v) is 9.02. The number of carbonyl (C=O) groups excluding carboxylic acids is 2. The van der Waals surface area contributed by atoms with E-state index in [0.717, 1.165) is 11.3 Å². The Morgan fingerprint density at radius 1 is 0.919 bits per heavy atom. The summed E-state index contributed by atoms with van der Waals surface area (Å²) in [6.45, 7) is 2.20. The lowest BCUT2D eigenvalue weighted by Gasteiger charge is -2.37. The Hall–Kier alpha value is -3.78. The number of hydrogen-bond donors (Lipinski definition) is 1. The zero-order valence-corrected chi connectivity index (χ0v) is 21.9. The number of carbonyl (C=O) groups is 2. The molecule has 0 bridgehead atoms. The molecule has 0 amide bonds. The molecule has 2 aromatic carbocycles. The highest BCUT2D eigenvalue weighted by molar-refractivity contribution is 6.04. The molecular weight excluding hydrogens is 474 g/mol. The molecule has 8 heteroatoms. The van der Waals surface area contributed by atoms with Crippen LogP contribution in [0.2, 0.25) is 0 Å². The molecule has 0 fully saturated rings. The van der Waals surface area contributed by atoms with Crippen LogP contribution >= 0.6 is 0 Å². The summed E-state index contributed by atoms with van der Waals surface area (Å²) < 4.78 is 27.2. The third-order valence-corrected chi connectivity index (χ3v) is 6.86. The first-order chi connectivity index (χ1) is 17.9. The highest BCUT2D eigenvalue weighted by Gasteiger charge is 2.42. The molecule has 0 saturated heterocycles. The molecule has 1 heterocycles. The van der Waals surface area contributed by atoms with Crippen LogP contribution in [0.1, 0.15) is 42.7 Å². The van der Waals surface area contributed by atoms with Crippen molar-refractivity contribution < 1.29 is 33.3 Å². The van der Waals surface area contributed by atoms with E-state index in [9.17, 15) is 9.59 Å². The van der Waals surface area contributed by atoms with Crippen LogP contribution < -0.4 is 19.5 Å². The monoisotopic (exact) mass is 507 g/mol. The van der Waals surface area contributed by atoms with Gasteiger partial charge in [0.1, 0.15) is 6.61 Å². The van der Waals surface area contributed by atoms with Gasteiger partial charge in [-0.15, -0.1) is 0 Å². The van der Waals surface area contributed by atoms with Crippen molar-refractivity contribution in [2.75, 3.05) is 41.7 Å². The maximum Gasteiger partial charge on any atom is 0.336 e. The SMILES string of the molecule is COCCOC(=O)C1=C(C)NC2=C(C(=O)C[C@@H](c3ccccc3)C2)[C@H]1c1cc(OC)c(OC)c(OC)c1. The number of esters is 1. The lowest BCUT2D eigenvalue weighted by molar-refractivity contribution is -0.140. The van der Waals surface area contributed by atoms with Gasteiger partial charge in [-0.2, -0.15) is 0 Å². The molecule has 196 valence electrons. The lowest BCUT2D eigenvalue weighted by atomic mass is 9.71. The van der Waals surface area contributed by atoms with Crippen LogP contribution in [-0.2, 0) is 19.1 Å². The fourth-order valence-electron chi connectivity index (χ4n) is 5.17. The van der Waals surface area contributed by atoms with Crippen molar-refractivity contribution in [1.29, 1.82) is 0 Å². The smallest absolute Gasteiger partial charge is 0.336 e. The maximum atomic E-state index is 13.8. The summed E-state index contributed by atoms with van der Waals surface area (Å²) in [6, 6.07) is 13.6. The molecule has 0 unspecified atom stereocenters. The Kier molecular flexibility index (Phi) is 8.18. The third kappa shape index (κ3) is 5.20. The second-order valence-electron chi connectivity index (χ2n) is 9.02. The van der Waals surface area contributed by atoms with E-state index in [2.05, 4.69) is 5.32 Å². The van der Waals surface area contributed by atoms with Crippen LogP contribution in [0.5, 0.6) is 17.2 Å². The predicted octanol–water partition coefficient (Wildman–Crippen LogP) is 4.26. The Bertz CT molecular complexity index is 1210. The zero-order valence-electron chi connectivity index (χ0n) is 21.9. The van der Waals surface area contributed by atoms with Crippen LogP contribution in [-0.4, -0.2) is 53.4 Å². The number of hydrogen-bond acceptors (Lipinski definition) is 8. The number of methoxy groups -OCH3 is 4. The van der Waals surface area contributed by atoms with Crippen molar-refractivity contribution in [3.05, 3.63) is 76.1 Å².